The number of hydrogen-bond acceptors (Lipinski definition) is 4. The second-order valence-corrected chi connectivity index (χ2v) is 4.52. The molecule has 0 amide bonds. The predicted octanol–water partition coefficient (Wildman–Crippen LogP) is 3.33. The van der Waals surface area contributed by atoms with Gasteiger partial charge in [0.15, 0.2) is 5.75 Å². The highest BCUT2D eigenvalue weighted by Gasteiger charge is 2.24. The van der Waals surface area contributed by atoms with Gasteiger partial charge in [-0.05, 0) is 36.8 Å². The van der Waals surface area contributed by atoms with E-state index in [-0.39, 0.29) is 5.78 Å². The molecular formula is C16H13NO3. The van der Waals surface area contributed by atoms with E-state index in [1.165, 1.54) is 6.26 Å². The molecule has 3 rings (SSSR count). The molecule has 0 N–H and O–H groups in total. The number of aromatic nitrogens is 1. The van der Waals surface area contributed by atoms with E-state index >= 15 is 0 Å². The van der Waals surface area contributed by atoms with E-state index in [2.05, 4.69) is 4.98 Å². The van der Waals surface area contributed by atoms with Crippen molar-refractivity contribution in [3.8, 4) is 17.1 Å². The summed E-state index contributed by atoms with van der Waals surface area (Å²) in [6, 6.07) is 9.03. The number of carbonyl (C=O) groups excluding carboxylic acids is 1. The molecule has 2 aliphatic rings. The molecule has 100 valence electrons. The van der Waals surface area contributed by atoms with Gasteiger partial charge in [0.2, 0.25) is 5.78 Å². The maximum Gasteiger partial charge on any atom is 0.215 e. The summed E-state index contributed by atoms with van der Waals surface area (Å²) in [5.74, 6) is 1.06. The van der Waals surface area contributed by atoms with E-state index in [0.717, 1.165) is 11.1 Å². The lowest BCUT2D eigenvalue weighted by Crippen LogP contribution is -2.05. The van der Waals surface area contributed by atoms with Gasteiger partial charge in [-0.15, -0.1) is 0 Å². The van der Waals surface area contributed by atoms with Crippen LogP contribution < -0.4 is 4.74 Å². The van der Waals surface area contributed by atoms with Crippen LogP contribution in [0, 0.1) is 6.92 Å². The summed E-state index contributed by atoms with van der Waals surface area (Å²) in [6.07, 6.45) is 3.10. The Morgan fingerprint density at radius 2 is 2.15 bits per heavy atom. The van der Waals surface area contributed by atoms with Crippen LogP contribution >= 0.6 is 0 Å². The number of pyridine rings is 1. The smallest absolute Gasteiger partial charge is 0.215 e. The van der Waals surface area contributed by atoms with Gasteiger partial charge in [-0.3, -0.25) is 9.78 Å². The second-order valence-electron chi connectivity index (χ2n) is 4.52. The van der Waals surface area contributed by atoms with E-state index in [1.807, 2.05) is 19.1 Å². The summed E-state index contributed by atoms with van der Waals surface area (Å²) in [7, 11) is 1.58. The summed E-state index contributed by atoms with van der Waals surface area (Å²) >= 11 is 0. The van der Waals surface area contributed by atoms with Crippen LogP contribution in [0.4, 0.5) is 0 Å². The lowest BCUT2D eigenvalue weighted by molar-refractivity contribution is 0.103. The average molecular weight is 267 g/mol. The number of carbonyl (C=O) groups is 1. The monoisotopic (exact) mass is 267 g/mol. The van der Waals surface area contributed by atoms with Gasteiger partial charge < -0.3 is 9.15 Å². The molecule has 0 saturated heterocycles. The molecule has 0 bridgehead atoms. The maximum atomic E-state index is 12.5. The Kier molecular flexibility index (Phi) is 2.99. The Labute approximate surface area is 116 Å². The molecule has 0 aromatic carbocycles. The van der Waals surface area contributed by atoms with Gasteiger partial charge in [0.05, 0.1) is 12.7 Å². The molecule has 20 heavy (non-hydrogen) atoms. The third-order valence-corrected chi connectivity index (χ3v) is 3.21. The number of aryl methyl sites for hydroxylation is 1. The third kappa shape index (κ3) is 1.95. The first-order valence-electron chi connectivity index (χ1n) is 6.22. The summed E-state index contributed by atoms with van der Waals surface area (Å²) in [4.78, 5) is 16.6. The Balaban J connectivity index is 2.13. The minimum atomic E-state index is -0.132. The van der Waals surface area contributed by atoms with E-state index in [4.69, 9.17) is 9.15 Å². The molecule has 1 aliphatic carbocycles. The second kappa shape index (κ2) is 4.81. The first-order chi connectivity index (χ1) is 9.70. The zero-order chi connectivity index (χ0) is 14.1. The van der Waals surface area contributed by atoms with Crippen molar-refractivity contribution < 1.29 is 13.9 Å². The summed E-state index contributed by atoms with van der Waals surface area (Å²) < 4.78 is 10.7. The number of methoxy groups -OCH3 is 1. The van der Waals surface area contributed by atoms with Gasteiger partial charge in [0.25, 0.3) is 0 Å². The van der Waals surface area contributed by atoms with E-state index in [1.54, 1.807) is 31.5 Å². The summed E-state index contributed by atoms with van der Waals surface area (Å²) in [5.41, 5.74) is 2.68. The lowest BCUT2D eigenvalue weighted by Gasteiger charge is -2.05. The summed E-state index contributed by atoms with van der Waals surface area (Å²) in [6.45, 7) is 1.89. The number of rotatable bonds is 3. The highest BCUT2D eigenvalue weighted by atomic mass is 16.5. The first-order valence-corrected chi connectivity index (χ1v) is 6.22. The number of fused-ring (bicyclic) bond motifs is 1. The normalized spacial score (nSPS) is 10.7. The van der Waals surface area contributed by atoms with Crippen LogP contribution in [0.15, 0.2) is 47.2 Å². The fourth-order valence-electron chi connectivity index (χ4n) is 2.25. The topological polar surface area (TPSA) is 52.3 Å². The Bertz CT molecular complexity index is 731. The zero-order valence-corrected chi connectivity index (χ0v) is 11.2. The van der Waals surface area contributed by atoms with Crippen molar-refractivity contribution in [3.63, 3.8) is 0 Å². The van der Waals surface area contributed by atoms with Crippen molar-refractivity contribution in [2.45, 2.75) is 6.92 Å². The quantitative estimate of drug-likeness (QED) is 0.683. The van der Waals surface area contributed by atoms with Crippen LogP contribution in [0.3, 0.4) is 0 Å². The molecule has 0 fully saturated rings. The standard InChI is InChI=1S/C16H13NO3/c1-10-7-11-8-12(19-2)9-20-16(11)14(10)15(18)13-5-3-4-6-17-13/h3-9H,1-2H3. The average Bonchev–Trinajstić information content (AvgIpc) is 2.82. The zero-order valence-electron chi connectivity index (χ0n) is 11.2. The Morgan fingerprint density at radius 1 is 1.30 bits per heavy atom. The van der Waals surface area contributed by atoms with Crippen molar-refractivity contribution in [1.29, 1.82) is 0 Å². The molecule has 1 aromatic heterocycles. The van der Waals surface area contributed by atoms with Gasteiger partial charge in [0, 0.05) is 11.8 Å². The van der Waals surface area contributed by atoms with Crippen LogP contribution in [0.1, 0.15) is 21.6 Å². The van der Waals surface area contributed by atoms with Crippen molar-refractivity contribution in [2.75, 3.05) is 7.11 Å². The van der Waals surface area contributed by atoms with Crippen molar-refractivity contribution >= 4 is 5.78 Å². The van der Waals surface area contributed by atoms with E-state index < -0.39 is 0 Å². The highest BCUT2D eigenvalue weighted by molar-refractivity contribution is 6.12. The van der Waals surface area contributed by atoms with Crippen LogP contribution in [0.2, 0.25) is 0 Å². The summed E-state index contributed by atoms with van der Waals surface area (Å²) in [5, 5.41) is 0. The van der Waals surface area contributed by atoms with Gasteiger partial charge in [-0.1, -0.05) is 6.07 Å². The minimum absolute atomic E-state index is 0.132. The van der Waals surface area contributed by atoms with E-state index in [9.17, 15) is 4.79 Å². The van der Waals surface area contributed by atoms with Crippen LogP contribution in [-0.2, 0) is 0 Å². The maximum absolute atomic E-state index is 12.5. The minimum Gasteiger partial charge on any atom is -0.493 e. The molecule has 0 saturated carbocycles. The molecule has 0 spiro atoms. The van der Waals surface area contributed by atoms with Gasteiger partial charge in [-0.25, -0.2) is 0 Å². The van der Waals surface area contributed by atoms with Crippen LogP contribution in [0.5, 0.6) is 5.75 Å². The largest absolute Gasteiger partial charge is 0.493 e. The highest BCUT2D eigenvalue weighted by Crippen LogP contribution is 2.35. The molecule has 4 nitrogen and oxygen atoms in total. The van der Waals surface area contributed by atoms with E-state index in [0.29, 0.717) is 22.8 Å². The lowest BCUT2D eigenvalue weighted by atomic mass is 10.1. The van der Waals surface area contributed by atoms with Crippen LogP contribution in [-0.4, -0.2) is 17.9 Å². The fourth-order valence-corrected chi connectivity index (χ4v) is 2.25. The molecule has 0 radical (unpaired) electrons. The number of nitrogens with zero attached hydrogens (tertiary/aromatic N) is 1. The van der Waals surface area contributed by atoms with Crippen molar-refractivity contribution in [3.05, 3.63) is 59.6 Å². The van der Waals surface area contributed by atoms with Gasteiger partial charge in [0.1, 0.15) is 17.7 Å². The number of hydrogen-bond donors (Lipinski definition) is 0. The molecule has 4 heteroatoms. The third-order valence-electron chi connectivity index (χ3n) is 3.21. The van der Waals surface area contributed by atoms with Crippen molar-refractivity contribution in [2.24, 2.45) is 0 Å². The number of ether oxygens (including phenoxy) is 1. The SMILES string of the molecule is COc1coc2c(C(=O)c3ccccn3)c(C)cc-2c1. The molecule has 1 aliphatic heterocycles. The van der Waals surface area contributed by atoms with Crippen LogP contribution in [0.25, 0.3) is 11.3 Å². The molecular weight excluding hydrogens is 254 g/mol. The molecule has 1 aromatic rings. The number of ketones is 1. The Hall–Kier alpha value is -2.62. The van der Waals surface area contributed by atoms with Gasteiger partial charge in [-0.2, -0.15) is 0 Å². The molecule has 0 unspecified atom stereocenters. The molecule has 2 heterocycles. The fraction of sp³-hybridized carbons (Fsp3) is 0.125. The first kappa shape index (κ1) is 12.4. The van der Waals surface area contributed by atoms with Crippen molar-refractivity contribution in [1.82, 2.24) is 4.98 Å². The Morgan fingerprint density at radius 3 is 2.85 bits per heavy atom. The molecule has 0 atom stereocenters. The predicted molar refractivity (Wildman–Crippen MR) is 74.3 cm³/mol. The van der Waals surface area contributed by atoms with Gasteiger partial charge >= 0.3 is 0 Å².